The first-order chi connectivity index (χ1) is 9.99. The van der Waals surface area contributed by atoms with Gasteiger partial charge in [-0.2, -0.15) is 0 Å². The number of hydrogen-bond donors (Lipinski definition) is 1. The van der Waals surface area contributed by atoms with Crippen LogP contribution in [0.15, 0.2) is 35.5 Å². The third-order valence-electron chi connectivity index (χ3n) is 3.74. The number of ether oxygens (including phenoxy) is 1. The molecule has 0 aliphatic carbocycles. The molecule has 0 bridgehead atoms. The average Bonchev–Trinajstić information content (AvgIpc) is 2.46. The van der Waals surface area contributed by atoms with Crippen molar-refractivity contribution in [3.63, 3.8) is 0 Å². The third kappa shape index (κ3) is 2.77. The molecule has 2 rings (SSSR count). The average molecular weight is 288 g/mol. The molecule has 1 unspecified atom stereocenters. The Morgan fingerprint density at radius 2 is 1.95 bits per heavy atom. The number of nitrogens with one attached hydrogen (secondary N) is 1. The summed E-state index contributed by atoms with van der Waals surface area (Å²) in [6.07, 6.45) is 0. The number of rotatable bonds is 4. The lowest BCUT2D eigenvalue weighted by molar-refractivity contribution is -0.114. The number of allylic oxidation sites excluding steroid dienone is 1. The molecule has 0 aromatic heterocycles. The molecule has 1 atom stereocenters. The molecule has 112 valence electrons. The maximum atomic E-state index is 12.2. The molecule has 0 radical (unpaired) electrons. The Bertz CT molecular complexity index is 590. The zero-order chi connectivity index (χ0) is 15.6. The van der Waals surface area contributed by atoms with Crippen LogP contribution >= 0.6 is 0 Å². The van der Waals surface area contributed by atoms with Gasteiger partial charge in [0.25, 0.3) is 0 Å². The standard InChI is InChI=1S/C16H20N2O3/c1-5-18-10(2)14(11(3)19)15(17-16(18)20)12-6-8-13(21-4)9-7-12/h6-9,15H,5H2,1-4H3,(H,17,20). The number of urea groups is 1. The Balaban J connectivity index is 2.47. The molecular formula is C16H20N2O3. The van der Waals surface area contributed by atoms with Crippen molar-refractivity contribution in [1.82, 2.24) is 10.2 Å². The lowest BCUT2D eigenvalue weighted by Crippen LogP contribution is -2.47. The Morgan fingerprint density at radius 1 is 1.33 bits per heavy atom. The van der Waals surface area contributed by atoms with Gasteiger partial charge in [0.15, 0.2) is 5.78 Å². The molecule has 1 aliphatic rings. The molecule has 1 aliphatic heterocycles. The summed E-state index contributed by atoms with van der Waals surface area (Å²) in [5, 5.41) is 2.90. The van der Waals surface area contributed by atoms with E-state index < -0.39 is 6.04 Å². The number of nitrogens with zero attached hydrogens (tertiary/aromatic N) is 1. The van der Waals surface area contributed by atoms with Crippen LogP contribution in [0.25, 0.3) is 0 Å². The summed E-state index contributed by atoms with van der Waals surface area (Å²) in [5.41, 5.74) is 2.21. The Morgan fingerprint density at radius 3 is 2.43 bits per heavy atom. The van der Waals surface area contributed by atoms with Crippen LogP contribution in [0.3, 0.4) is 0 Å². The van der Waals surface area contributed by atoms with Gasteiger partial charge in [0.1, 0.15) is 5.75 Å². The molecule has 21 heavy (non-hydrogen) atoms. The molecule has 1 aromatic rings. The first-order valence-electron chi connectivity index (χ1n) is 6.93. The summed E-state index contributed by atoms with van der Waals surface area (Å²) in [4.78, 5) is 25.8. The fraction of sp³-hybridized carbons (Fsp3) is 0.375. The minimum atomic E-state index is -0.413. The Labute approximate surface area is 124 Å². The van der Waals surface area contributed by atoms with Crippen LogP contribution in [-0.2, 0) is 4.79 Å². The van der Waals surface area contributed by atoms with Gasteiger partial charge in [0, 0.05) is 17.8 Å². The molecule has 1 heterocycles. The van der Waals surface area contributed by atoms with Crippen molar-refractivity contribution in [3.8, 4) is 5.75 Å². The number of methoxy groups -OCH3 is 1. The van der Waals surface area contributed by atoms with Crippen molar-refractivity contribution in [2.24, 2.45) is 0 Å². The molecule has 1 aromatic carbocycles. The minimum Gasteiger partial charge on any atom is -0.497 e. The summed E-state index contributed by atoms with van der Waals surface area (Å²) in [7, 11) is 1.60. The third-order valence-corrected chi connectivity index (χ3v) is 3.74. The van der Waals surface area contributed by atoms with E-state index in [0.29, 0.717) is 12.1 Å². The van der Waals surface area contributed by atoms with Crippen molar-refractivity contribution in [2.75, 3.05) is 13.7 Å². The minimum absolute atomic E-state index is 0.0354. The monoisotopic (exact) mass is 288 g/mol. The number of Topliss-reactive ketones (excluding diaryl/α,β-unsaturated/α-hetero) is 1. The topological polar surface area (TPSA) is 58.6 Å². The van der Waals surface area contributed by atoms with E-state index in [1.165, 1.54) is 6.92 Å². The van der Waals surface area contributed by atoms with Crippen LogP contribution in [-0.4, -0.2) is 30.4 Å². The van der Waals surface area contributed by atoms with Gasteiger partial charge in [0.05, 0.1) is 13.2 Å². The lowest BCUT2D eigenvalue weighted by Gasteiger charge is -2.35. The van der Waals surface area contributed by atoms with Crippen LogP contribution in [0, 0.1) is 0 Å². The SMILES string of the molecule is CCN1C(=O)NC(c2ccc(OC)cc2)C(C(C)=O)=C1C. The normalized spacial score (nSPS) is 18.6. The summed E-state index contributed by atoms with van der Waals surface area (Å²) in [5.74, 6) is 0.702. The van der Waals surface area contributed by atoms with E-state index in [-0.39, 0.29) is 11.8 Å². The lowest BCUT2D eigenvalue weighted by atomic mass is 9.92. The largest absolute Gasteiger partial charge is 0.497 e. The zero-order valence-corrected chi connectivity index (χ0v) is 12.8. The maximum absolute atomic E-state index is 12.2. The fourth-order valence-corrected chi connectivity index (χ4v) is 2.67. The predicted molar refractivity (Wildman–Crippen MR) is 80.0 cm³/mol. The first-order valence-corrected chi connectivity index (χ1v) is 6.93. The van der Waals surface area contributed by atoms with Gasteiger partial charge >= 0.3 is 6.03 Å². The highest BCUT2D eigenvalue weighted by molar-refractivity contribution is 5.98. The van der Waals surface area contributed by atoms with Crippen molar-refractivity contribution >= 4 is 11.8 Å². The number of amides is 2. The number of ketones is 1. The van der Waals surface area contributed by atoms with Gasteiger partial charge in [-0.25, -0.2) is 4.79 Å². The van der Waals surface area contributed by atoms with Gasteiger partial charge < -0.3 is 10.1 Å². The highest BCUT2D eigenvalue weighted by Crippen LogP contribution is 2.31. The second kappa shape index (κ2) is 5.99. The second-order valence-corrected chi connectivity index (χ2v) is 4.96. The van der Waals surface area contributed by atoms with Crippen LogP contribution in [0.5, 0.6) is 5.75 Å². The highest BCUT2D eigenvalue weighted by Gasteiger charge is 2.33. The van der Waals surface area contributed by atoms with Gasteiger partial charge in [-0.15, -0.1) is 0 Å². The summed E-state index contributed by atoms with van der Waals surface area (Å²) >= 11 is 0. The fourth-order valence-electron chi connectivity index (χ4n) is 2.67. The van der Waals surface area contributed by atoms with Crippen LogP contribution in [0.1, 0.15) is 32.4 Å². The van der Waals surface area contributed by atoms with Gasteiger partial charge in [-0.3, -0.25) is 9.69 Å². The predicted octanol–water partition coefficient (Wildman–Crippen LogP) is 2.64. The van der Waals surface area contributed by atoms with E-state index in [2.05, 4.69) is 5.32 Å². The zero-order valence-electron chi connectivity index (χ0n) is 12.8. The van der Waals surface area contributed by atoms with Crippen LogP contribution in [0.4, 0.5) is 4.79 Å². The molecule has 0 spiro atoms. The van der Waals surface area contributed by atoms with E-state index in [1.807, 2.05) is 38.1 Å². The van der Waals surface area contributed by atoms with Crippen LogP contribution in [0.2, 0.25) is 0 Å². The van der Waals surface area contributed by atoms with E-state index in [4.69, 9.17) is 4.74 Å². The molecular weight excluding hydrogens is 268 g/mol. The summed E-state index contributed by atoms with van der Waals surface area (Å²) in [6.45, 7) is 5.76. The van der Waals surface area contributed by atoms with E-state index >= 15 is 0 Å². The molecule has 1 N–H and O–H groups in total. The first kappa shape index (κ1) is 15.1. The quantitative estimate of drug-likeness (QED) is 0.926. The van der Waals surface area contributed by atoms with Gasteiger partial charge in [0.2, 0.25) is 0 Å². The van der Waals surface area contributed by atoms with E-state index in [9.17, 15) is 9.59 Å². The van der Waals surface area contributed by atoms with Crippen molar-refractivity contribution in [1.29, 1.82) is 0 Å². The Hall–Kier alpha value is -2.30. The number of carbonyl (C=O) groups is 2. The van der Waals surface area contributed by atoms with Gasteiger partial charge in [-0.1, -0.05) is 12.1 Å². The Kier molecular flexibility index (Phi) is 4.31. The van der Waals surface area contributed by atoms with Crippen molar-refractivity contribution in [3.05, 3.63) is 41.1 Å². The van der Waals surface area contributed by atoms with Crippen LogP contribution < -0.4 is 10.1 Å². The molecule has 0 saturated carbocycles. The number of hydrogen-bond acceptors (Lipinski definition) is 3. The van der Waals surface area contributed by atoms with E-state index in [1.54, 1.807) is 12.0 Å². The smallest absolute Gasteiger partial charge is 0.322 e. The summed E-state index contributed by atoms with van der Waals surface area (Å²) in [6, 6.07) is 6.77. The van der Waals surface area contributed by atoms with Crippen molar-refractivity contribution < 1.29 is 14.3 Å². The second-order valence-electron chi connectivity index (χ2n) is 4.96. The van der Waals surface area contributed by atoms with Crippen molar-refractivity contribution in [2.45, 2.75) is 26.8 Å². The summed E-state index contributed by atoms with van der Waals surface area (Å²) < 4.78 is 5.13. The molecule has 2 amide bonds. The number of benzene rings is 1. The molecule has 0 fully saturated rings. The highest BCUT2D eigenvalue weighted by atomic mass is 16.5. The molecule has 5 nitrogen and oxygen atoms in total. The van der Waals surface area contributed by atoms with E-state index in [0.717, 1.165) is 17.0 Å². The van der Waals surface area contributed by atoms with Gasteiger partial charge in [-0.05, 0) is 38.5 Å². The maximum Gasteiger partial charge on any atom is 0.322 e. The molecule has 5 heteroatoms. The molecule has 0 saturated heterocycles. The number of carbonyl (C=O) groups excluding carboxylic acids is 2.